The quantitative estimate of drug-likeness (QED) is 0.719. The largest absolute Gasteiger partial charge is 0.481 e. The molecule has 1 aliphatic rings. The van der Waals surface area contributed by atoms with Crippen LogP contribution in [-0.4, -0.2) is 60.8 Å². The highest BCUT2D eigenvalue weighted by Gasteiger charge is 2.29. The molecule has 9 heteroatoms. The second-order valence-corrected chi connectivity index (χ2v) is 8.22. The first kappa shape index (κ1) is 19.7. The lowest BCUT2D eigenvalue weighted by Crippen LogP contribution is -2.50. The lowest BCUT2D eigenvalue weighted by atomic mass is 10.1. The van der Waals surface area contributed by atoms with E-state index >= 15 is 0 Å². The van der Waals surface area contributed by atoms with Crippen molar-refractivity contribution in [1.29, 1.82) is 0 Å². The second kappa shape index (κ2) is 8.64. The van der Waals surface area contributed by atoms with Crippen LogP contribution in [0.15, 0.2) is 29.2 Å². The Morgan fingerprint density at radius 1 is 1.08 bits per heavy atom. The fourth-order valence-corrected chi connectivity index (χ4v) is 4.39. The van der Waals surface area contributed by atoms with Crippen LogP contribution < -0.4 is 0 Å². The standard InChI is InChI=1S/C16H21ClN2O5S/c17-13-4-3-5-14(12-13)25(23,24)19-10-8-18(9-11-19)15(20)6-1-2-7-16(21)22/h3-5,12H,1-2,6-11H2,(H,21,22). The van der Waals surface area contributed by atoms with Crippen molar-refractivity contribution >= 4 is 33.5 Å². The van der Waals surface area contributed by atoms with Crippen molar-refractivity contribution in [3.63, 3.8) is 0 Å². The maximum absolute atomic E-state index is 12.6. The number of hydrogen-bond donors (Lipinski definition) is 1. The molecule has 0 unspecified atom stereocenters. The lowest BCUT2D eigenvalue weighted by molar-refractivity contribution is -0.137. The molecule has 25 heavy (non-hydrogen) atoms. The lowest BCUT2D eigenvalue weighted by Gasteiger charge is -2.34. The molecule has 0 saturated carbocycles. The summed E-state index contributed by atoms with van der Waals surface area (Å²) in [6.45, 7) is 1.13. The Labute approximate surface area is 152 Å². The zero-order valence-corrected chi connectivity index (χ0v) is 15.3. The van der Waals surface area contributed by atoms with E-state index in [1.165, 1.54) is 16.4 Å². The fraction of sp³-hybridized carbons (Fsp3) is 0.500. The third kappa shape index (κ3) is 5.42. The predicted molar refractivity (Wildman–Crippen MR) is 92.9 cm³/mol. The van der Waals surface area contributed by atoms with Crippen LogP contribution in [0.3, 0.4) is 0 Å². The number of carbonyl (C=O) groups excluding carboxylic acids is 1. The molecule has 0 radical (unpaired) electrons. The third-order valence-corrected chi connectivity index (χ3v) is 6.19. The molecule has 1 saturated heterocycles. The van der Waals surface area contributed by atoms with Crippen molar-refractivity contribution in [3.8, 4) is 0 Å². The smallest absolute Gasteiger partial charge is 0.303 e. The minimum Gasteiger partial charge on any atom is -0.481 e. The molecule has 0 spiro atoms. The van der Waals surface area contributed by atoms with E-state index in [1.54, 1.807) is 17.0 Å². The summed E-state index contributed by atoms with van der Waals surface area (Å²) < 4.78 is 26.6. The molecular weight excluding hydrogens is 368 g/mol. The minimum atomic E-state index is -3.62. The van der Waals surface area contributed by atoms with Gasteiger partial charge in [0.05, 0.1) is 4.90 Å². The van der Waals surface area contributed by atoms with Gasteiger partial charge in [-0.2, -0.15) is 4.31 Å². The van der Waals surface area contributed by atoms with Gasteiger partial charge in [-0.3, -0.25) is 9.59 Å². The molecule has 1 aromatic carbocycles. The average molecular weight is 389 g/mol. The molecule has 0 aliphatic carbocycles. The number of benzene rings is 1. The zero-order valence-electron chi connectivity index (χ0n) is 13.7. The molecule has 0 atom stereocenters. The number of piperazine rings is 1. The normalized spacial score (nSPS) is 16.0. The molecule has 1 N–H and O–H groups in total. The summed E-state index contributed by atoms with van der Waals surface area (Å²) >= 11 is 5.86. The van der Waals surface area contributed by atoms with Gasteiger partial charge in [-0.25, -0.2) is 8.42 Å². The first-order valence-electron chi connectivity index (χ1n) is 8.06. The number of carboxylic acids is 1. The molecule has 1 aromatic rings. The van der Waals surface area contributed by atoms with Crippen molar-refractivity contribution in [1.82, 2.24) is 9.21 Å². The number of unbranched alkanes of at least 4 members (excludes halogenated alkanes) is 1. The van der Waals surface area contributed by atoms with Crippen molar-refractivity contribution in [3.05, 3.63) is 29.3 Å². The van der Waals surface area contributed by atoms with Gasteiger partial charge in [-0.15, -0.1) is 0 Å². The summed E-state index contributed by atoms with van der Waals surface area (Å²) in [4.78, 5) is 24.3. The van der Waals surface area contributed by atoms with E-state index in [4.69, 9.17) is 16.7 Å². The van der Waals surface area contributed by atoms with Gasteiger partial charge < -0.3 is 10.0 Å². The Hall–Kier alpha value is -1.64. The molecule has 1 amide bonds. The van der Waals surface area contributed by atoms with Crippen LogP contribution in [0.5, 0.6) is 0 Å². The number of halogens is 1. The van der Waals surface area contributed by atoms with Crippen LogP contribution in [0.1, 0.15) is 25.7 Å². The number of hydrogen-bond acceptors (Lipinski definition) is 4. The fourth-order valence-electron chi connectivity index (χ4n) is 2.66. The highest BCUT2D eigenvalue weighted by molar-refractivity contribution is 7.89. The highest BCUT2D eigenvalue weighted by Crippen LogP contribution is 2.21. The Morgan fingerprint density at radius 2 is 1.72 bits per heavy atom. The summed E-state index contributed by atoms with van der Waals surface area (Å²) in [7, 11) is -3.62. The van der Waals surface area contributed by atoms with Crippen LogP contribution >= 0.6 is 11.6 Å². The summed E-state index contributed by atoms with van der Waals surface area (Å²) in [6.07, 6.45) is 1.32. The second-order valence-electron chi connectivity index (χ2n) is 5.84. The van der Waals surface area contributed by atoms with Crippen LogP contribution in [0.4, 0.5) is 0 Å². The maximum atomic E-state index is 12.6. The van der Waals surface area contributed by atoms with Gasteiger partial charge in [0, 0.05) is 44.0 Å². The zero-order chi connectivity index (χ0) is 18.4. The van der Waals surface area contributed by atoms with Gasteiger partial charge in [-0.05, 0) is 31.0 Å². The van der Waals surface area contributed by atoms with Gasteiger partial charge >= 0.3 is 5.97 Å². The van der Waals surface area contributed by atoms with Crippen LogP contribution in [-0.2, 0) is 19.6 Å². The van der Waals surface area contributed by atoms with Crippen molar-refractivity contribution < 1.29 is 23.1 Å². The van der Waals surface area contributed by atoms with E-state index in [0.717, 1.165) is 0 Å². The monoisotopic (exact) mass is 388 g/mol. The Morgan fingerprint density at radius 3 is 2.32 bits per heavy atom. The molecule has 1 aliphatic heterocycles. The van der Waals surface area contributed by atoms with E-state index in [1.807, 2.05) is 0 Å². The van der Waals surface area contributed by atoms with Crippen LogP contribution in [0.2, 0.25) is 5.02 Å². The Kier molecular flexibility index (Phi) is 6.80. The van der Waals surface area contributed by atoms with Crippen molar-refractivity contribution in [2.45, 2.75) is 30.6 Å². The van der Waals surface area contributed by atoms with Crippen LogP contribution in [0.25, 0.3) is 0 Å². The maximum Gasteiger partial charge on any atom is 0.303 e. The number of nitrogens with zero attached hydrogens (tertiary/aromatic N) is 2. The SMILES string of the molecule is O=C(O)CCCCC(=O)N1CCN(S(=O)(=O)c2cccc(Cl)c2)CC1. The summed E-state index contributed by atoms with van der Waals surface area (Å²) in [5.41, 5.74) is 0. The minimum absolute atomic E-state index is 0.0545. The summed E-state index contributed by atoms with van der Waals surface area (Å²) in [5, 5.41) is 8.94. The third-order valence-electron chi connectivity index (χ3n) is 4.06. The Bertz CT molecular complexity index is 730. The molecule has 0 aromatic heterocycles. The number of amides is 1. The molecule has 0 bridgehead atoms. The van der Waals surface area contributed by atoms with Gasteiger partial charge in [0.1, 0.15) is 0 Å². The molecular formula is C16H21ClN2O5S. The summed E-state index contributed by atoms with van der Waals surface area (Å²) in [6, 6.07) is 6.12. The van der Waals surface area contributed by atoms with E-state index in [0.29, 0.717) is 31.0 Å². The number of carbonyl (C=O) groups is 2. The van der Waals surface area contributed by atoms with E-state index < -0.39 is 16.0 Å². The van der Waals surface area contributed by atoms with E-state index in [-0.39, 0.29) is 36.7 Å². The van der Waals surface area contributed by atoms with Gasteiger partial charge in [0.2, 0.25) is 15.9 Å². The number of sulfonamides is 1. The van der Waals surface area contributed by atoms with Gasteiger partial charge in [0.15, 0.2) is 0 Å². The van der Waals surface area contributed by atoms with E-state index in [9.17, 15) is 18.0 Å². The van der Waals surface area contributed by atoms with Crippen LogP contribution in [0, 0.1) is 0 Å². The molecule has 138 valence electrons. The highest BCUT2D eigenvalue weighted by atomic mass is 35.5. The number of rotatable bonds is 7. The topological polar surface area (TPSA) is 95.0 Å². The van der Waals surface area contributed by atoms with Gasteiger partial charge in [0.25, 0.3) is 0 Å². The number of carboxylic acid groups (broad SMARTS) is 1. The first-order chi connectivity index (χ1) is 11.8. The van der Waals surface area contributed by atoms with E-state index in [2.05, 4.69) is 0 Å². The number of aliphatic carboxylic acids is 1. The first-order valence-corrected chi connectivity index (χ1v) is 9.88. The molecule has 7 nitrogen and oxygen atoms in total. The molecule has 2 rings (SSSR count). The Balaban J connectivity index is 1.86. The predicted octanol–water partition coefficient (Wildman–Crippen LogP) is 1.82. The molecule has 1 heterocycles. The van der Waals surface area contributed by atoms with Crippen molar-refractivity contribution in [2.24, 2.45) is 0 Å². The average Bonchev–Trinajstić information content (AvgIpc) is 2.58. The van der Waals surface area contributed by atoms with Gasteiger partial charge in [-0.1, -0.05) is 17.7 Å². The van der Waals surface area contributed by atoms with Crippen molar-refractivity contribution in [2.75, 3.05) is 26.2 Å². The summed E-state index contributed by atoms with van der Waals surface area (Å²) in [5.74, 6) is -0.933. The molecule has 1 fully saturated rings.